The maximum Gasteiger partial charge on any atom is 0.438 e. The van der Waals surface area contributed by atoms with Gasteiger partial charge in [0.05, 0.1) is 7.11 Å². The quantitative estimate of drug-likeness (QED) is 0.842. The van der Waals surface area contributed by atoms with E-state index in [1.54, 1.807) is 31.4 Å². The molecular formula is C16H19N3O4. The molecule has 0 saturated heterocycles. The second-order valence-corrected chi connectivity index (χ2v) is 6.02. The molecule has 1 aromatic heterocycles. The number of amides is 1. The molecule has 2 aromatic rings. The van der Waals surface area contributed by atoms with E-state index in [0.29, 0.717) is 17.3 Å². The summed E-state index contributed by atoms with van der Waals surface area (Å²) in [4.78, 5) is 25.4. The van der Waals surface area contributed by atoms with Crippen molar-refractivity contribution in [3.05, 3.63) is 40.7 Å². The van der Waals surface area contributed by atoms with Gasteiger partial charge in [-0.1, -0.05) is 13.0 Å². The summed E-state index contributed by atoms with van der Waals surface area (Å²) in [6.45, 7) is 3.45. The number of ether oxygens (including phenoxy) is 1. The Hall–Kier alpha value is -2.57. The van der Waals surface area contributed by atoms with Crippen LogP contribution in [0.4, 0.5) is 5.69 Å². The number of nitrogens with zero attached hydrogens (tertiary/aromatic N) is 3. The van der Waals surface area contributed by atoms with E-state index < -0.39 is 5.76 Å². The summed E-state index contributed by atoms with van der Waals surface area (Å²) in [6.07, 6.45) is 1.92. The van der Waals surface area contributed by atoms with Gasteiger partial charge in [0.2, 0.25) is 11.8 Å². The molecule has 1 amide bonds. The Labute approximate surface area is 133 Å². The largest absolute Gasteiger partial charge is 0.497 e. The molecule has 1 aliphatic carbocycles. The van der Waals surface area contributed by atoms with E-state index >= 15 is 0 Å². The fourth-order valence-electron chi connectivity index (χ4n) is 2.32. The molecule has 0 N–H and O–H groups in total. The zero-order chi connectivity index (χ0) is 16.6. The average Bonchev–Trinajstić information content (AvgIpc) is 3.17. The highest BCUT2D eigenvalue weighted by Gasteiger charge is 2.44. The maximum atomic E-state index is 12.0. The van der Waals surface area contributed by atoms with Gasteiger partial charge in [0.15, 0.2) is 0 Å². The Morgan fingerprint density at radius 2 is 2.22 bits per heavy atom. The first-order chi connectivity index (χ1) is 10.9. The summed E-state index contributed by atoms with van der Waals surface area (Å²) in [5, 5.41) is 4.25. The minimum atomic E-state index is -0.553. The first-order valence-electron chi connectivity index (χ1n) is 7.43. The van der Waals surface area contributed by atoms with Crippen LogP contribution < -0.4 is 15.4 Å². The highest BCUT2D eigenvalue weighted by Crippen LogP contribution is 2.46. The lowest BCUT2D eigenvalue weighted by molar-refractivity contribution is -0.117. The number of anilines is 1. The predicted octanol–water partition coefficient (Wildman–Crippen LogP) is 1.91. The van der Waals surface area contributed by atoms with E-state index in [9.17, 15) is 9.59 Å². The van der Waals surface area contributed by atoms with Crippen molar-refractivity contribution in [3.8, 4) is 5.75 Å². The van der Waals surface area contributed by atoms with E-state index in [1.165, 1.54) is 16.5 Å². The van der Waals surface area contributed by atoms with Gasteiger partial charge in [0.25, 0.3) is 0 Å². The lowest BCUT2D eigenvalue weighted by Gasteiger charge is -2.20. The van der Waals surface area contributed by atoms with Gasteiger partial charge in [-0.25, -0.2) is 4.79 Å². The highest BCUT2D eigenvalue weighted by atomic mass is 16.5. The third-order valence-corrected chi connectivity index (χ3v) is 4.14. The number of aromatic nitrogens is 2. The molecule has 1 aromatic carbocycles. The number of rotatable bonds is 5. The Balaban J connectivity index is 1.89. The van der Waals surface area contributed by atoms with E-state index in [1.807, 2.05) is 6.92 Å². The minimum absolute atomic E-state index is 0.000907. The first-order valence-corrected chi connectivity index (χ1v) is 7.43. The van der Waals surface area contributed by atoms with Crippen LogP contribution in [0.2, 0.25) is 0 Å². The molecule has 1 fully saturated rings. The monoisotopic (exact) mass is 317 g/mol. The van der Waals surface area contributed by atoms with Gasteiger partial charge < -0.3 is 9.15 Å². The molecule has 0 bridgehead atoms. The molecule has 0 aliphatic heterocycles. The second-order valence-electron chi connectivity index (χ2n) is 6.02. The molecule has 7 heteroatoms. The normalized spacial score (nSPS) is 15.3. The second kappa shape index (κ2) is 5.57. The maximum absolute atomic E-state index is 12.0. The van der Waals surface area contributed by atoms with Crippen LogP contribution >= 0.6 is 0 Å². The number of hydrogen-bond acceptors (Lipinski definition) is 5. The molecule has 1 aliphatic rings. The molecular weight excluding hydrogens is 298 g/mol. The summed E-state index contributed by atoms with van der Waals surface area (Å²) in [6, 6.07) is 7.08. The van der Waals surface area contributed by atoms with Crippen molar-refractivity contribution < 1.29 is 13.9 Å². The van der Waals surface area contributed by atoms with E-state index in [4.69, 9.17) is 9.15 Å². The van der Waals surface area contributed by atoms with Crippen LogP contribution in [0.1, 0.15) is 32.6 Å². The fourth-order valence-corrected chi connectivity index (χ4v) is 2.32. The Morgan fingerprint density at radius 3 is 2.83 bits per heavy atom. The number of benzene rings is 1. The van der Waals surface area contributed by atoms with Crippen LogP contribution in [0.5, 0.6) is 5.75 Å². The Morgan fingerprint density at radius 1 is 1.48 bits per heavy atom. The number of carbonyl (C=O) groups excluding carboxylic acids is 1. The average molecular weight is 317 g/mol. The molecule has 0 radical (unpaired) electrons. The molecule has 7 nitrogen and oxygen atoms in total. The Kier molecular flexibility index (Phi) is 3.71. The van der Waals surface area contributed by atoms with Gasteiger partial charge in [0.1, 0.15) is 12.4 Å². The lowest BCUT2D eigenvalue weighted by atomic mass is 10.1. The van der Waals surface area contributed by atoms with Gasteiger partial charge >= 0.3 is 5.76 Å². The Bertz CT molecular complexity index is 789. The van der Waals surface area contributed by atoms with Crippen molar-refractivity contribution >= 4 is 11.6 Å². The third-order valence-electron chi connectivity index (χ3n) is 4.14. The lowest BCUT2D eigenvalue weighted by Crippen LogP contribution is -2.34. The van der Waals surface area contributed by atoms with Gasteiger partial charge in [0, 0.05) is 24.1 Å². The van der Waals surface area contributed by atoms with Gasteiger partial charge in [-0.15, -0.1) is 5.10 Å². The molecule has 0 spiro atoms. The first kappa shape index (κ1) is 15.3. The van der Waals surface area contributed by atoms with Gasteiger partial charge in [-0.2, -0.15) is 4.68 Å². The smallest absolute Gasteiger partial charge is 0.438 e. The van der Waals surface area contributed by atoms with Crippen molar-refractivity contribution in [3.63, 3.8) is 0 Å². The van der Waals surface area contributed by atoms with E-state index in [0.717, 1.165) is 12.8 Å². The highest BCUT2D eigenvalue weighted by molar-refractivity contribution is 5.91. The minimum Gasteiger partial charge on any atom is -0.497 e. The van der Waals surface area contributed by atoms with E-state index in [2.05, 4.69) is 5.10 Å². The molecule has 0 atom stereocenters. The summed E-state index contributed by atoms with van der Waals surface area (Å²) in [5.74, 6) is 0.318. The molecule has 3 rings (SSSR count). The van der Waals surface area contributed by atoms with Crippen LogP contribution in [-0.4, -0.2) is 22.8 Å². The van der Waals surface area contributed by atoms with Crippen LogP contribution in [-0.2, 0) is 16.9 Å². The zero-order valence-electron chi connectivity index (χ0n) is 13.4. The van der Waals surface area contributed by atoms with Crippen LogP contribution in [0.25, 0.3) is 0 Å². The molecule has 1 heterocycles. The molecule has 122 valence electrons. The van der Waals surface area contributed by atoms with E-state index in [-0.39, 0.29) is 18.0 Å². The summed E-state index contributed by atoms with van der Waals surface area (Å²) in [7, 11) is 1.56. The fraction of sp³-hybridized carbons (Fsp3) is 0.438. The summed E-state index contributed by atoms with van der Waals surface area (Å²) < 4.78 is 11.6. The topological polar surface area (TPSA) is 77.6 Å². The molecule has 1 saturated carbocycles. The summed E-state index contributed by atoms with van der Waals surface area (Å²) in [5.41, 5.74) is 0.493. The van der Waals surface area contributed by atoms with Gasteiger partial charge in [-0.05, 0) is 25.0 Å². The summed E-state index contributed by atoms with van der Waals surface area (Å²) >= 11 is 0. The van der Waals surface area contributed by atoms with Crippen molar-refractivity contribution in [1.82, 2.24) is 9.78 Å². The SMILES string of the molecule is COc1cccc(N(Cn2nc(C3(C)CC3)oc2=O)C(C)=O)c1. The third kappa shape index (κ3) is 2.99. The number of carbonyl (C=O) groups is 1. The van der Waals surface area contributed by atoms with Crippen molar-refractivity contribution in [2.75, 3.05) is 12.0 Å². The number of hydrogen-bond donors (Lipinski definition) is 0. The van der Waals surface area contributed by atoms with Crippen LogP contribution in [0.3, 0.4) is 0 Å². The molecule has 0 unspecified atom stereocenters. The van der Waals surface area contributed by atoms with Crippen molar-refractivity contribution in [2.24, 2.45) is 0 Å². The van der Waals surface area contributed by atoms with Crippen LogP contribution in [0.15, 0.2) is 33.5 Å². The molecule has 23 heavy (non-hydrogen) atoms. The van der Waals surface area contributed by atoms with Crippen LogP contribution in [0, 0.1) is 0 Å². The standard InChI is InChI=1S/C16H19N3O4/c1-11(20)18(12-5-4-6-13(9-12)22-3)10-19-15(21)23-14(17-19)16(2)7-8-16/h4-6,9H,7-8,10H2,1-3H3. The zero-order valence-corrected chi connectivity index (χ0v) is 13.4. The van der Waals surface area contributed by atoms with Crippen molar-refractivity contribution in [2.45, 2.75) is 38.8 Å². The predicted molar refractivity (Wildman–Crippen MR) is 83.5 cm³/mol. The van der Waals surface area contributed by atoms with Gasteiger partial charge in [-0.3, -0.25) is 9.69 Å². The van der Waals surface area contributed by atoms with Crippen molar-refractivity contribution in [1.29, 1.82) is 0 Å². The number of methoxy groups -OCH3 is 1.